The van der Waals surface area contributed by atoms with E-state index in [1.165, 1.54) is 12.1 Å². The predicted octanol–water partition coefficient (Wildman–Crippen LogP) is 6.81. The highest BCUT2D eigenvalue weighted by Crippen LogP contribution is 2.37. The van der Waals surface area contributed by atoms with Crippen molar-refractivity contribution in [1.29, 1.82) is 0 Å². The number of halogens is 4. The molecular formula is C23H21BrCl2FNO2. The summed E-state index contributed by atoms with van der Waals surface area (Å²) in [6.45, 7) is 1.59. The van der Waals surface area contributed by atoms with Crippen LogP contribution in [0.25, 0.3) is 0 Å². The normalized spacial score (nSPS) is 10.8. The molecule has 0 amide bonds. The molecule has 0 heterocycles. The maximum Gasteiger partial charge on any atom is 0.167 e. The number of hydrogen-bond donors (Lipinski definition) is 1. The van der Waals surface area contributed by atoms with Gasteiger partial charge in [-0.2, -0.15) is 0 Å². The molecule has 0 atom stereocenters. The molecule has 1 N–H and O–H groups in total. The lowest BCUT2D eigenvalue weighted by atomic mass is 10.1. The topological polar surface area (TPSA) is 30.5 Å². The molecule has 3 aromatic rings. The molecule has 158 valence electrons. The molecule has 0 unspecified atom stereocenters. The highest BCUT2D eigenvalue weighted by atomic mass is 79.9. The van der Waals surface area contributed by atoms with Crippen LogP contribution < -0.4 is 14.8 Å². The largest absolute Gasteiger partial charge is 0.493 e. The lowest BCUT2D eigenvalue weighted by Gasteiger charge is -2.18. The number of methoxy groups -OCH3 is 1. The van der Waals surface area contributed by atoms with Gasteiger partial charge in [-0.25, -0.2) is 4.39 Å². The summed E-state index contributed by atoms with van der Waals surface area (Å²) in [5.41, 5.74) is 2.85. The third-order valence-corrected chi connectivity index (χ3v) is 5.91. The Hall–Kier alpha value is -1.79. The Labute approximate surface area is 194 Å². The number of ether oxygens (including phenoxy) is 2. The molecule has 0 aliphatic heterocycles. The van der Waals surface area contributed by atoms with Crippen molar-refractivity contribution < 1.29 is 13.9 Å². The second-order valence-electron chi connectivity index (χ2n) is 6.63. The van der Waals surface area contributed by atoms with Crippen molar-refractivity contribution in [3.63, 3.8) is 0 Å². The minimum Gasteiger partial charge on any atom is -0.493 e. The first-order chi connectivity index (χ1) is 14.5. The molecule has 0 radical (unpaired) electrons. The maximum atomic E-state index is 13.0. The van der Waals surface area contributed by atoms with Gasteiger partial charge in [0, 0.05) is 32.2 Å². The first-order valence-corrected chi connectivity index (χ1v) is 10.9. The molecule has 0 spiro atoms. The number of rotatable bonds is 9. The molecule has 3 nitrogen and oxygen atoms in total. The van der Waals surface area contributed by atoms with Gasteiger partial charge < -0.3 is 14.8 Å². The zero-order chi connectivity index (χ0) is 21.5. The SMILES string of the molecule is COc1ccc(Br)c(CNCCc2ccc(F)cc2)c1OCc1ccc(Cl)cc1Cl. The van der Waals surface area contributed by atoms with Crippen LogP contribution in [0.2, 0.25) is 10.0 Å². The zero-order valence-electron chi connectivity index (χ0n) is 16.4. The van der Waals surface area contributed by atoms with Crippen molar-refractivity contribution in [2.45, 2.75) is 19.6 Å². The zero-order valence-corrected chi connectivity index (χ0v) is 19.5. The Kier molecular flexibility index (Phi) is 8.40. The van der Waals surface area contributed by atoms with Crippen molar-refractivity contribution in [3.8, 4) is 11.5 Å². The lowest BCUT2D eigenvalue weighted by molar-refractivity contribution is 0.280. The molecule has 3 aromatic carbocycles. The summed E-state index contributed by atoms with van der Waals surface area (Å²) in [6.07, 6.45) is 0.790. The molecule has 0 saturated heterocycles. The molecule has 0 saturated carbocycles. The molecule has 7 heteroatoms. The number of benzene rings is 3. The van der Waals surface area contributed by atoms with Crippen LogP contribution in [0.3, 0.4) is 0 Å². The summed E-state index contributed by atoms with van der Waals surface area (Å²) in [7, 11) is 1.61. The fraction of sp³-hybridized carbons (Fsp3) is 0.217. The molecule has 30 heavy (non-hydrogen) atoms. The Balaban J connectivity index is 1.69. The molecular weight excluding hydrogens is 492 g/mol. The highest BCUT2D eigenvalue weighted by Gasteiger charge is 2.15. The van der Waals surface area contributed by atoms with Crippen molar-refractivity contribution in [3.05, 3.63) is 91.6 Å². The van der Waals surface area contributed by atoms with Gasteiger partial charge in [0.1, 0.15) is 12.4 Å². The van der Waals surface area contributed by atoms with Crippen LogP contribution in [0, 0.1) is 5.82 Å². The van der Waals surface area contributed by atoms with Crippen molar-refractivity contribution in [2.24, 2.45) is 0 Å². The summed E-state index contributed by atoms with van der Waals surface area (Å²) in [5.74, 6) is 1.06. The summed E-state index contributed by atoms with van der Waals surface area (Å²) < 4.78 is 25.6. The van der Waals surface area contributed by atoms with Crippen molar-refractivity contribution in [1.82, 2.24) is 5.32 Å². The van der Waals surface area contributed by atoms with Crippen molar-refractivity contribution >= 4 is 39.1 Å². The first-order valence-electron chi connectivity index (χ1n) is 9.35. The summed E-state index contributed by atoms with van der Waals surface area (Å²) >= 11 is 15.8. The molecule has 0 bridgehead atoms. The van der Waals surface area contributed by atoms with E-state index >= 15 is 0 Å². The van der Waals surface area contributed by atoms with Crippen LogP contribution in [-0.4, -0.2) is 13.7 Å². The van der Waals surface area contributed by atoms with Crippen LogP contribution in [0.15, 0.2) is 59.1 Å². The van der Waals surface area contributed by atoms with E-state index in [1.807, 2.05) is 18.2 Å². The summed E-state index contributed by atoms with van der Waals surface area (Å²) in [5, 5.41) is 4.54. The Morgan fingerprint density at radius 3 is 2.50 bits per heavy atom. The number of hydrogen-bond acceptors (Lipinski definition) is 3. The maximum absolute atomic E-state index is 13.0. The third-order valence-electron chi connectivity index (χ3n) is 4.58. The minimum absolute atomic E-state index is 0.227. The second-order valence-corrected chi connectivity index (χ2v) is 8.33. The standard InChI is InChI=1S/C23H21BrCl2FNO2/c1-29-22-9-8-20(24)19(13-28-11-10-15-2-6-18(27)7-3-15)23(22)30-14-16-4-5-17(25)12-21(16)26/h2-9,12,28H,10-11,13-14H2,1H3. The quantitative estimate of drug-likeness (QED) is 0.319. The highest BCUT2D eigenvalue weighted by molar-refractivity contribution is 9.10. The Morgan fingerprint density at radius 1 is 1.03 bits per heavy atom. The monoisotopic (exact) mass is 511 g/mol. The van der Waals surface area contributed by atoms with Gasteiger partial charge in [0.2, 0.25) is 0 Å². The number of nitrogens with one attached hydrogen (secondary N) is 1. The fourth-order valence-corrected chi connectivity index (χ4v) is 3.87. The molecule has 3 rings (SSSR count). The van der Waals surface area contributed by atoms with Gasteiger partial charge >= 0.3 is 0 Å². The van der Waals surface area contributed by atoms with Crippen LogP contribution in [0.5, 0.6) is 11.5 Å². The molecule has 0 aromatic heterocycles. The summed E-state index contributed by atoms with van der Waals surface area (Å²) in [6, 6.07) is 15.6. The minimum atomic E-state index is -0.227. The van der Waals surface area contributed by atoms with E-state index in [-0.39, 0.29) is 12.4 Å². The van der Waals surface area contributed by atoms with Gasteiger partial charge in [-0.1, -0.05) is 57.3 Å². The molecule has 0 fully saturated rings. The Morgan fingerprint density at radius 2 is 1.80 bits per heavy atom. The average molecular weight is 513 g/mol. The van der Waals surface area contributed by atoms with Gasteiger partial charge in [-0.15, -0.1) is 0 Å². The smallest absolute Gasteiger partial charge is 0.167 e. The molecule has 0 aliphatic rings. The van der Waals surface area contributed by atoms with E-state index in [9.17, 15) is 4.39 Å². The van der Waals surface area contributed by atoms with Gasteiger partial charge in [0.25, 0.3) is 0 Å². The summed E-state index contributed by atoms with van der Waals surface area (Å²) in [4.78, 5) is 0. The second kappa shape index (κ2) is 11.0. The van der Waals surface area contributed by atoms with E-state index in [1.54, 1.807) is 31.4 Å². The van der Waals surface area contributed by atoms with Gasteiger partial charge in [-0.3, -0.25) is 0 Å². The lowest BCUT2D eigenvalue weighted by Crippen LogP contribution is -2.18. The van der Waals surface area contributed by atoms with Crippen LogP contribution in [0.1, 0.15) is 16.7 Å². The predicted molar refractivity (Wildman–Crippen MR) is 123 cm³/mol. The van der Waals surface area contributed by atoms with E-state index in [2.05, 4.69) is 21.2 Å². The first kappa shape index (κ1) is 22.9. The molecule has 0 aliphatic carbocycles. The Bertz CT molecular complexity index is 999. The average Bonchev–Trinajstić information content (AvgIpc) is 2.73. The van der Waals surface area contributed by atoms with Gasteiger partial charge in [-0.05, 0) is 54.9 Å². The van der Waals surface area contributed by atoms with Crippen LogP contribution in [0.4, 0.5) is 4.39 Å². The van der Waals surface area contributed by atoms with E-state index < -0.39 is 0 Å². The van der Waals surface area contributed by atoms with Gasteiger partial charge in [0.15, 0.2) is 11.5 Å². The fourth-order valence-electron chi connectivity index (χ4n) is 2.95. The van der Waals surface area contributed by atoms with E-state index in [0.29, 0.717) is 28.1 Å². The van der Waals surface area contributed by atoms with E-state index in [4.69, 9.17) is 32.7 Å². The van der Waals surface area contributed by atoms with Gasteiger partial charge in [0.05, 0.1) is 7.11 Å². The van der Waals surface area contributed by atoms with Crippen LogP contribution in [-0.2, 0) is 19.6 Å². The van der Waals surface area contributed by atoms with E-state index in [0.717, 1.165) is 34.1 Å². The van der Waals surface area contributed by atoms with Crippen LogP contribution >= 0.6 is 39.1 Å². The van der Waals surface area contributed by atoms with Crippen molar-refractivity contribution in [2.75, 3.05) is 13.7 Å². The third kappa shape index (κ3) is 6.11.